The first-order valence-electron chi connectivity index (χ1n) is 10.6. The van der Waals surface area contributed by atoms with Gasteiger partial charge in [-0.25, -0.2) is 9.97 Å². The molecule has 0 saturated heterocycles. The van der Waals surface area contributed by atoms with Gasteiger partial charge in [0.05, 0.1) is 19.8 Å². The molecular formula is C23H27Cl2N3O4. The van der Waals surface area contributed by atoms with E-state index in [2.05, 4.69) is 9.97 Å². The van der Waals surface area contributed by atoms with Crippen molar-refractivity contribution in [2.45, 2.75) is 51.0 Å². The summed E-state index contributed by atoms with van der Waals surface area (Å²) in [5.41, 5.74) is 1.81. The molecule has 0 aliphatic heterocycles. The number of benzene rings is 1. The molecule has 1 saturated carbocycles. The third kappa shape index (κ3) is 5.57. The standard InChI is InChI=1S/C23H27Cl2N3O4/c1-14(12-29)28(23(31)20-21(24)26-13-27-22(20)25)18-9-7-17(8-10-18)16-5-3-15(4-6-16)11-19(30)32-2/h7-10,13-16,29H,3-6,11-12H2,1-2H3/t14-,15?,16?/m1/s1. The van der Waals surface area contributed by atoms with Crippen LogP contribution in [-0.4, -0.2) is 46.7 Å². The number of halogens is 2. The van der Waals surface area contributed by atoms with E-state index in [1.165, 1.54) is 23.9 Å². The lowest BCUT2D eigenvalue weighted by molar-refractivity contribution is -0.142. The van der Waals surface area contributed by atoms with Gasteiger partial charge in [-0.1, -0.05) is 35.3 Å². The van der Waals surface area contributed by atoms with Crippen LogP contribution in [-0.2, 0) is 9.53 Å². The third-order valence-electron chi connectivity index (χ3n) is 6.06. The molecule has 0 bridgehead atoms. The highest BCUT2D eigenvalue weighted by Crippen LogP contribution is 2.38. The number of amides is 1. The second kappa shape index (κ2) is 11.1. The van der Waals surface area contributed by atoms with Crippen LogP contribution in [0.5, 0.6) is 0 Å². The fourth-order valence-corrected chi connectivity index (χ4v) is 4.70. The SMILES string of the molecule is COC(=O)CC1CCC(c2ccc(N(C(=O)c3c(Cl)ncnc3Cl)[C@H](C)CO)cc2)CC1. The molecule has 1 amide bonds. The Hall–Kier alpha value is -2.22. The van der Waals surface area contributed by atoms with E-state index in [-0.39, 0.29) is 28.4 Å². The molecule has 7 nitrogen and oxygen atoms in total. The molecule has 1 aliphatic carbocycles. The van der Waals surface area contributed by atoms with E-state index in [4.69, 9.17) is 27.9 Å². The Bertz CT molecular complexity index is 927. The Labute approximate surface area is 197 Å². The highest BCUT2D eigenvalue weighted by atomic mass is 35.5. The predicted molar refractivity (Wildman–Crippen MR) is 123 cm³/mol. The summed E-state index contributed by atoms with van der Waals surface area (Å²) in [4.78, 5) is 33.9. The smallest absolute Gasteiger partial charge is 0.305 e. The minimum absolute atomic E-state index is 0.00383. The zero-order valence-corrected chi connectivity index (χ0v) is 19.6. The lowest BCUT2D eigenvalue weighted by atomic mass is 9.77. The molecule has 3 rings (SSSR count). The topological polar surface area (TPSA) is 92.6 Å². The zero-order chi connectivity index (χ0) is 23.3. The third-order valence-corrected chi connectivity index (χ3v) is 6.64. The van der Waals surface area contributed by atoms with Gasteiger partial charge in [-0.05, 0) is 62.1 Å². The molecule has 1 fully saturated rings. The summed E-state index contributed by atoms with van der Waals surface area (Å²) >= 11 is 12.2. The molecule has 0 spiro atoms. The average molecular weight is 480 g/mol. The molecule has 32 heavy (non-hydrogen) atoms. The van der Waals surface area contributed by atoms with E-state index in [1.54, 1.807) is 6.92 Å². The van der Waals surface area contributed by atoms with Gasteiger partial charge < -0.3 is 14.7 Å². The molecule has 9 heteroatoms. The summed E-state index contributed by atoms with van der Waals surface area (Å²) in [5.74, 6) is 0.158. The van der Waals surface area contributed by atoms with Crippen molar-refractivity contribution in [3.05, 3.63) is 52.0 Å². The van der Waals surface area contributed by atoms with Crippen LogP contribution in [0, 0.1) is 5.92 Å². The number of methoxy groups -OCH3 is 1. The van der Waals surface area contributed by atoms with Crippen molar-refractivity contribution in [1.29, 1.82) is 0 Å². The van der Waals surface area contributed by atoms with Crippen LogP contribution >= 0.6 is 23.2 Å². The number of anilines is 1. The molecule has 1 heterocycles. The van der Waals surface area contributed by atoms with E-state index in [0.717, 1.165) is 25.7 Å². The number of carbonyl (C=O) groups is 2. The quantitative estimate of drug-likeness (QED) is 0.458. The first-order chi connectivity index (χ1) is 15.3. The number of ether oxygens (including phenoxy) is 1. The molecule has 1 N–H and O–H groups in total. The molecular weight excluding hydrogens is 453 g/mol. The minimum atomic E-state index is -0.505. The Morgan fingerprint density at radius 3 is 2.25 bits per heavy atom. The molecule has 1 aromatic carbocycles. The highest BCUT2D eigenvalue weighted by molar-refractivity contribution is 6.39. The van der Waals surface area contributed by atoms with Gasteiger partial charge in [-0.15, -0.1) is 0 Å². The van der Waals surface area contributed by atoms with E-state index in [1.807, 2.05) is 24.3 Å². The number of hydrogen-bond acceptors (Lipinski definition) is 6. The fraction of sp³-hybridized carbons (Fsp3) is 0.478. The van der Waals surface area contributed by atoms with Crippen LogP contribution in [0.25, 0.3) is 0 Å². The number of rotatable bonds is 7. The summed E-state index contributed by atoms with van der Waals surface area (Å²) in [6.45, 7) is 1.50. The van der Waals surface area contributed by atoms with Crippen molar-refractivity contribution in [3.63, 3.8) is 0 Å². The van der Waals surface area contributed by atoms with E-state index in [0.29, 0.717) is 23.9 Å². The molecule has 0 radical (unpaired) electrons. The lowest BCUT2D eigenvalue weighted by Crippen LogP contribution is -2.41. The molecule has 0 unspecified atom stereocenters. The van der Waals surface area contributed by atoms with Gasteiger partial charge in [0.1, 0.15) is 22.2 Å². The molecule has 1 aromatic heterocycles. The van der Waals surface area contributed by atoms with E-state index >= 15 is 0 Å². The number of carbonyl (C=O) groups excluding carboxylic acids is 2. The maximum atomic E-state index is 13.3. The largest absolute Gasteiger partial charge is 0.469 e. The van der Waals surface area contributed by atoms with E-state index in [9.17, 15) is 14.7 Å². The van der Waals surface area contributed by atoms with Gasteiger partial charge >= 0.3 is 5.97 Å². The summed E-state index contributed by atoms with van der Waals surface area (Å²) in [6.07, 6.45) is 5.65. The number of esters is 1. The van der Waals surface area contributed by atoms with Gasteiger partial charge in [0.2, 0.25) is 0 Å². The Kier molecular flexibility index (Phi) is 8.45. The van der Waals surface area contributed by atoms with Gasteiger partial charge in [0.15, 0.2) is 0 Å². The number of hydrogen-bond donors (Lipinski definition) is 1. The fourth-order valence-electron chi connectivity index (χ4n) is 4.22. The second-order valence-corrected chi connectivity index (χ2v) is 8.84. The average Bonchev–Trinajstić information content (AvgIpc) is 2.80. The minimum Gasteiger partial charge on any atom is -0.469 e. The van der Waals surface area contributed by atoms with Gasteiger partial charge in [-0.2, -0.15) is 0 Å². The molecule has 2 aromatic rings. The maximum Gasteiger partial charge on any atom is 0.305 e. The zero-order valence-electron chi connectivity index (χ0n) is 18.1. The normalized spacial score (nSPS) is 19.3. The highest BCUT2D eigenvalue weighted by Gasteiger charge is 2.29. The van der Waals surface area contributed by atoms with Crippen molar-refractivity contribution >= 4 is 40.8 Å². The van der Waals surface area contributed by atoms with Crippen molar-refractivity contribution in [2.75, 3.05) is 18.6 Å². The van der Waals surface area contributed by atoms with Gasteiger partial charge in [0.25, 0.3) is 5.91 Å². The maximum absolute atomic E-state index is 13.3. The van der Waals surface area contributed by atoms with Crippen molar-refractivity contribution in [3.8, 4) is 0 Å². The second-order valence-electron chi connectivity index (χ2n) is 8.13. The lowest BCUT2D eigenvalue weighted by Gasteiger charge is -2.30. The van der Waals surface area contributed by atoms with Crippen LogP contribution in [0.2, 0.25) is 10.3 Å². The number of aromatic nitrogens is 2. The van der Waals surface area contributed by atoms with Crippen molar-refractivity contribution < 1.29 is 19.4 Å². The van der Waals surface area contributed by atoms with Crippen LogP contribution < -0.4 is 4.90 Å². The first kappa shape index (κ1) is 24.4. The Morgan fingerprint density at radius 2 is 1.72 bits per heavy atom. The number of nitrogens with zero attached hydrogens (tertiary/aromatic N) is 3. The Morgan fingerprint density at radius 1 is 1.12 bits per heavy atom. The molecule has 172 valence electrons. The van der Waals surface area contributed by atoms with Crippen molar-refractivity contribution in [2.24, 2.45) is 5.92 Å². The van der Waals surface area contributed by atoms with Crippen molar-refractivity contribution in [1.82, 2.24) is 9.97 Å². The molecule has 1 aliphatic rings. The van der Waals surface area contributed by atoms with Crippen LogP contribution in [0.4, 0.5) is 5.69 Å². The van der Waals surface area contributed by atoms with Gasteiger partial charge in [0, 0.05) is 12.1 Å². The molecule has 1 atom stereocenters. The van der Waals surface area contributed by atoms with Crippen LogP contribution in [0.1, 0.15) is 60.9 Å². The first-order valence-corrected chi connectivity index (χ1v) is 11.4. The Balaban J connectivity index is 1.76. The summed E-state index contributed by atoms with van der Waals surface area (Å²) < 4.78 is 4.78. The summed E-state index contributed by atoms with van der Waals surface area (Å²) in [6, 6.07) is 7.25. The predicted octanol–water partition coefficient (Wildman–Crippen LogP) is 4.65. The summed E-state index contributed by atoms with van der Waals surface area (Å²) in [5, 5.41) is 9.67. The monoisotopic (exact) mass is 479 g/mol. The van der Waals surface area contributed by atoms with Gasteiger partial charge in [-0.3, -0.25) is 9.59 Å². The summed E-state index contributed by atoms with van der Waals surface area (Å²) in [7, 11) is 1.42. The van der Waals surface area contributed by atoms with E-state index < -0.39 is 11.9 Å². The van der Waals surface area contributed by atoms with Crippen LogP contribution in [0.3, 0.4) is 0 Å². The number of aliphatic hydroxyl groups is 1. The number of aliphatic hydroxyl groups excluding tert-OH is 1. The van der Waals surface area contributed by atoms with Crippen LogP contribution in [0.15, 0.2) is 30.6 Å².